The van der Waals surface area contributed by atoms with E-state index >= 15 is 0 Å². The van der Waals surface area contributed by atoms with E-state index < -0.39 is 10.0 Å². The average Bonchev–Trinajstić information content (AvgIpc) is 3.29. The Hall–Kier alpha value is -3.24. The second-order valence-corrected chi connectivity index (χ2v) is 8.60. The number of fused-ring (bicyclic) bond motifs is 1. The molecular formula is C18H14N4O4S2. The minimum atomic E-state index is -3.82. The molecule has 0 fully saturated rings. The van der Waals surface area contributed by atoms with Gasteiger partial charge in [0.25, 0.3) is 15.9 Å². The Bertz CT molecular complexity index is 1160. The number of aromatic nitrogens is 1. The van der Waals surface area contributed by atoms with Crippen LogP contribution in [0, 0.1) is 0 Å². The second kappa shape index (κ2) is 7.06. The number of nitrogens with zero attached hydrogens (tertiary/aromatic N) is 1. The smallest absolute Gasteiger partial charge is 0.261 e. The van der Waals surface area contributed by atoms with Gasteiger partial charge in [-0.3, -0.25) is 19.6 Å². The van der Waals surface area contributed by atoms with Crippen molar-refractivity contribution in [1.82, 2.24) is 4.98 Å². The number of thiazole rings is 1. The Labute approximate surface area is 164 Å². The predicted octanol–water partition coefficient (Wildman–Crippen LogP) is 2.69. The third kappa shape index (κ3) is 3.73. The SMILES string of the molecule is O=C1Cc2cc(S(=O)(=O)Nc3ccc(C(=O)Nc4nccs4)cc3)ccc2N1. The van der Waals surface area contributed by atoms with E-state index in [2.05, 4.69) is 20.3 Å². The summed E-state index contributed by atoms with van der Waals surface area (Å²) in [6.07, 6.45) is 1.74. The van der Waals surface area contributed by atoms with Gasteiger partial charge in [0.1, 0.15) is 0 Å². The van der Waals surface area contributed by atoms with Crippen molar-refractivity contribution in [2.24, 2.45) is 0 Å². The van der Waals surface area contributed by atoms with Crippen LogP contribution in [-0.2, 0) is 21.2 Å². The van der Waals surface area contributed by atoms with Crippen molar-refractivity contribution >= 4 is 49.7 Å². The van der Waals surface area contributed by atoms with E-state index in [1.807, 2.05) is 0 Å². The number of anilines is 3. The number of hydrogen-bond donors (Lipinski definition) is 3. The van der Waals surface area contributed by atoms with Crippen LogP contribution in [0.2, 0.25) is 0 Å². The molecule has 3 N–H and O–H groups in total. The van der Waals surface area contributed by atoms with E-state index in [1.165, 1.54) is 47.7 Å². The van der Waals surface area contributed by atoms with E-state index in [0.717, 1.165) is 0 Å². The van der Waals surface area contributed by atoms with Crippen molar-refractivity contribution in [3.8, 4) is 0 Å². The van der Waals surface area contributed by atoms with Crippen molar-refractivity contribution in [2.45, 2.75) is 11.3 Å². The highest BCUT2D eigenvalue weighted by Gasteiger charge is 2.22. The summed E-state index contributed by atoms with van der Waals surface area (Å²) in [5.74, 6) is -0.496. The first-order valence-electron chi connectivity index (χ1n) is 8.17. The van der Waals surface area contributed by atoms with Crippen molar-refractivity contribution in [1.29, 1.82) is 0 Å². The first kappa shape index (κ1) is 18.1. The molecular weight excluding hydrogens is 400 g/mol. The molecule has 8 nitrogen and oxygen atoms in total. The zero-order chi connectivity index (χ0) is 19.7. The van der Waals surface area contributed by atoms with E-state index in [9.17, 15) is 18.0 Å². The van der Waals surface area contributed by atoms with Crippen LogP contribution in [0.5, 0.6) is 0 Å². The van der Waals surface area contributed by atoms with Gasteiger partial charge in [-0.2, -0.15) is 0 Å². The van der Waals surface area contributed by atoms with E-state index in [-0.39, 0.29) is 23.1 Å². The summed E-state index contributed by atoms with van der Waals surface area (Å²) >= 11 is 1.30. The minimum absolute atomic E-state index is 0.0633. The monoisotopic (exact) mass is 414 g/mol. The maximum atomic E-state index is 12.6. The van der Waals surface area contributed by atoms with Crippen LogP contribution in [0.4, 0.5) is 16.5 Å². The lowest BCUT2D eigenvalue weighted by Gasteiger charge is -2.10. The van der Waals surface area contributed by atoms with Crippen LogP contribution >= 0.6 is 11.3 Å². The summed E-state index contributed by atoms with van der Waals surface area (Å²) in [6.45, 7) is 0. The molecule has 10 heteroatoms. The predicted molar refractivity (Wildman–Crippen MR) is 106 cm³/mol. The number of sulfonamides is 1. The Balaban J connectivity index is 1.48. The van der Waals surface area contributed by atoms with Crippen molar-refractivity contribution in [2.75, 3.05) is 15.4 Å². The molecule has 1 aliphatic heterocycles. The number of carbonyl (C=O) groups excluding carboxylic acids is 2. The molecule has 3 aromatic rings. The van der Waals surface area contributed by atoms with E-state index in [0.29, 0.717) is 27.6 Å². The molecule has 0 bridgehead atoms. The highest BCUT2D eigenvalue weighted by molar-refractivity contribution is 7.92. The van der Waals surface area contributed by atoms with E-state index in [4.69, 9.17) is 0 Å². The van der Waals surface area contributed by atoms with Gasteiger partial charge in [-0.05, 0) is 48.0 Å². The number of rotatable bonds is 5. The number of nitrogens with one attached hydrogen (secondary N) is 3. The van der Waals surface area contributed by atoms with Gasteiger partial charge >= 0.3 is 0 Å². The summed E-state index contributed by atoms with van der Waals surface area (Å²) < 4.78 is 27.7. The molecule has 0 spiro atoms. The third-order valence-corrected chi connectivity index (χ3v) is 6.13. The first-order chi connectivity index (χ1) is 13.4. The maximum absolute atomic E-state index is 12.6. The zero-order valence-electron chi connectivity index (χ0n) is 14.3. The van der Waals surface area contributed by atoms with Gasteiger partial charge in [0, 0.05) is 28.5 Å². The van der Waals surface area contributed by atoms with Gasteiger partial charge in [0.2, 0.25) is 5.91 Å². The molecule has 2 aromatic carbocycles. The summed E-state index contributed by atoms with van der Waals surface area (Å²) in [6, 6.07) is 10.5. The van der Waals surface area contributed by atoms with Crippen LogP contribution in [0.15, 0.2) is 58.9 Å². The fraction of sp³-hybridized carbons (Fsp3) is 0.0556. The minimum Gasteiger partial charge on any atom is -0.326 e. The second-order valence-electron chi connectivity index (χ2n) is 6.02. The van der Waals surface area contributed by atoms with Crippen LogP contribution in [0.1, 0.15) is 15.9 Å². The van der Waals surface area contributed by atoms with Crippen molar-refractivity contribution in [3.63, 3.8) is 0 Å². The topological polar surface area (TPSA) is 117 Å². The lowest BCUT2D eigenvalue weighted by Crippen LogP contribution is -2.14. The normalized spacial score (nSPS) is 12.9. The van der Waals surface area contributed by atoms with Gasteiger partial charge in [-0.1, -0.05) is 0 Å². The van der Waals surface area contributed by atoms with Crippen LogP contribution < -0.4 is 15.4 Å². The van der Waals surface area contributed by atoms with Crippen LogP contribution in [0.25, 0.3) is 0 Å². The number of hydrogen-bond acceptors (Lipinski definition) is 6. The molecule has 1 aromatic heterocycles. The highest BCUT2D eigenvalue weighted by atomic mass is 32.2. The first-order valence-corrected chi connectivity index (χ1v) is 10.5. The molecule has 0 saturated carbocycles. The standard InChI is InChI=1S/C18H14N4O4S2/c23-16-10-12-9-14(5-6-15(12)20-16)28(25,26)22-13-3-1-11(2-4-13)17(24)21-18-19-7-8-27-18/h1-9,22H,10H2,(H,20,23)(H,19,21,24). The summed E-state index contributed by atoms with van der Waals surface area (Å²) in [5.41, 5.74) is 1.96. The quantitative estimate of drug-likeness (QED) is 0.593. The zero-order valence-corrected chi connectivity index (χ0v) is 15.9. The molecule has 1 aliphatic rings. The molecule has 28 heavy (non-hydrogen) atoms. The van der Waals surface area contributed by atoms with Crippen molar-refractivity contribution < 1.29 is 18.0 Å². The average molecular weight is 414 g/mol. The summed E-state index contributed by atoms with van der Waals surface area (Å²) in [5, 5.41) is 7.55. The van der Waals surface area contributed by atoms with Gasteiger partial charge in [-0.15, -0.1) is 11.3 Å². The van der Waals surface area contributed by atoms with Gasteiger partial charge < -0.3 is 5.32 Å². The van der Waals surface area contributed by atoms with Gasteiger partial charge in [0.05, 0.1) is 11.3 Å². The fourth-order valence-electron chi connectivity index (χ4n) is 2.73. The van der Waals surface area contributed by atoms with Gasteiger partial charge in [0.15, 0.2) is 5.13 Å². The Morgan fingerprint density at radius 1 is 1.14 bits per heavy atom. The molecule has 0 radical (unpaired) electrons. The molecule has 0 aliphatic carbocycles. The molecule has 2 heterocycles. The molecule has 2 amide bonds. The summed E-state index contributed by atoms with van der Waals surface area (Å²) in [7, 11) is -3.82. The lowest BCUT2D eigenvalue weighted by molar-refractivity contribution is -0.115. The Kier molecular flexibility index (Phi) is 4.57. The number of benzene rings is 2. The molecule has 4 rings (SSSR count). The Morgan fingerprint density at radius 3 is 2.64 bits per heavy atom. The lowest BCUT2D eigenvalue weighted by atomic mass is 10.2. The molecule has 0 atom stereocenters. The number of carbonyl (C=O) groups is 2. The summed E-state index contributed by atoms with van der Waals surface area (Å²) in [4.78, 5) is 27.6. The van der Waals surface area contributed by atoms with Crippen LogP contribution in [-0.4, -0.2) is 25.2 Å². The molecule has 142 valence electrons. The largest absolute Gasteiger partial charge is 0.326 e. The highest BCUT2D eigenvalue weighted by Crippen LogP contribution is 2.27. The van der Waals surface area contributed by atoms with Gasteiger partial charge in [-0.25, -0.2) is 13.4 Å². The fourth-order valence-corrected chi connectivity index (χ4v) is 4.36. The van der Waals surface area contributed by atoms with E-state index in [1.54, 1.807) is 17.6 Å². The third-order valence-electron chi connectivity index (χ3n) is 4.06. The Morgan fingerprint density at radius 2 is 1.93 bits per heavy atom. The molecule has 0 unspecified atom stereocenters. The number of amides is 2. The van der Waals surface area contributed by atoms with Crippen LogP contribution in [0.3, 0.4) is 0 Å². The van der Waals surface area contributed by atoms with Crippen molar-refractivity contribution in [3.05, 3.63) is 65.2 Å². The molecule has 0 saturated heterocycles. The maximum Gasteiger partial charge on any atom is 0.261 e.